The van der Waals surface area contributed by atoms with Gasteiger partial charge in [0.05, 0.1) is 6.61 Å². The topological polar surface area (TPSA) is 66.8 Å². The first kappa shape index (κ1) is 24.1. The second kappa shape index (κ2) is 19.4. The Hall–Kier alpha value is -1.91. The normalized spacial score (nSPS) is 13.8. The Morgan fingerprint density at radius 1 is 0.885 bits per heavy atom. The van der Waals surface area contributed by atoms with Crippen LogP contribution in [0.1, 0.15) is 51.9 Å². The number of esters is 1. The average molecular weight is 363 g/mol. The lowest BCUT2D eigenvalue weighted by molar-refractivity contribution is -0.147. The standard InChI is InChI=1S/C22H34O4/c1-2-3-4-5-6-7-8-9-10-11-12-13-14-15-16-17-18-22(25)26-20-21(24)19-23/h2-3,5-6,8-9,11-12,14-15,21,23-24H,4,7,10,13,16-20H2,1H3/b3-2+,6-5+,9-8+,12-11+,15-14+. The molecule has 1 unspecified atom stereocenters. The molecule has 0 rings (SSSR count). The van der Waals surface area contributed by atoms with Crippen LogP contribution in [0, 0.1) is 0 Å². The van der Waals surface area contributed by atoms with Gasteiger partial charge in [-0.2, -0.15) is 0 Å². The molecule has 0 spiro atoms. The molecule has 0 aliphatic heterocycles. The molecule has 0 aromatic carbocycles. The number of aliphatic hydroxyl groups is 2. The van der Waals surface area contributed by atoms with Crippen molar-refractivity contribution in [1.29, 1.82) is 0 Å². The Morgan fingerprint density at radius 3 is 1.88 bits per heavy atom. The van der Waals surface area contributed by atoms with Crippen LogP contribution in [0.5, 0.6) is 0 Å². The number of hydrogen-bond donors (Lipinski definition) is 2. The van der Waals surface area contributed by atoms with Gasteiger partial charge in [-0.05, 0) is 45.4 Å². The van der Waals surface area contributed by atoms with E-state index >= 15 is 0 Å². The maximum absolute atomic E-state index is 11.3. The van der Waals surface area contributed by atoms with Crippen LogP contribution in [-0.4, -0.2) is 35.5 Å². The number of unbranched alkanes of at least 4 members (excludes halogenated alkanes) is 1. The van der Waals surface area contributed by atoms with Crippen LogP contribution in [0.4, 0.5) is 0 Å². The maximum atomic E-state index is 11.3. The lowest BCUT2D eigenvalue weighted by atomic mass is 10.2. The molecule has 0 amide bonds. The number of aliphatic hydroxyl groups excluding tert-OH is 2. The molecule has 26 heavy (non-hydrogen) atoms. The molecule has 0 radical (unpaired) electrons. The Balaban J connectivity index is 3.53. The largest absolute Gasteiger partial charge is 0.463 e. The summed E-state index contributed by atoms with van der Waals surface area (Å²) in [5.74, 6) is -0.339. The van der Waals surface area contributed by atoms with E-state index in [-0.39, 0.29) is 12.6 Å². The minimum Gasteiger partial charge on any atom is -0.463 e. The van der Waals surface area contributed by atoms with Crippen molar-refractivity contribution in [2.45, 2.75) is 58.0 Å². The van der Waals surface area contributed by atoms with Crippen LogP contribution in [-0.2, 0) is 9.53 Å². The highest BCUT2D eigenvalue weighted by Crippen LogP contribution is 2.01. The van der Waals surface area contributed by atoms with E-state index in [0.29, 0.717) is 6.42 Å². The SMILES string of the molecule is C/C=C/C/C=C/C/C=C/C/C=C/C/C=C/CCCC(=O)OCC(O)CO. The fourth-order valence-corrected chi connectivity index (χ4v) is 1.92. The molecule has 4 heteroatoms. The van der Waals surface area contributed by atoms with E-state index in [0.717, 1.165) is 38.5 Å². The predicted molar refractivity (Wildman–Crippen MR) is 108 cm³/mol. The van der Waals surface area contributed by atoms with Gasteiger partial charge in [0.15, 0.2) is 0 Å². The minimum absolute atomic E-state index is 0.142. The smallest absolute Gasteiger partial charge is 0.305 e. The highest BCUT2D eigenvalue weighted by molar-refractivity contribution is 5.69. The summed E-state index contributed by atoms with van der Waals surface area (Å²) in [6.45, 7) is 1.49. The number of carbonyl (C=O) groups is 1. The fourth-order valence-electron chi connectivity index (χ4n) is 1.92. The summed E-state index contributed by atoms with van der Waals surface area (Å²) < 4.78 is 4.82. The molecule has 1 atom stereocenters. The lowest BCUT2D eigenvalue weighted by Gasteiger charge is -2.07. The highest BCUT2D eigenvalue weighted by atomic mass is 16.5. The van der Waals surface area contributed by atoms with E-state index in [2.05, 4.69) is 60.8 Å². The van der Waals surface area contributed by atoms with Gasteiger partial charge in [0, 0.05) is 6.42 Å². The van der Waals surface area contributed by atoms with Crippen LogP contribution >= 0.6 is 0 Å². The van der Waals surface area contributed by atoms with Gasteiger partial charge in [-0.15, -0.1) is 0 Å². The number of rotatable bonds is 15. The number of allylic oxidation sites excluding steroid dienone is 10. The summed E-state index contributed by atoms with van der Waals surface area (Å²) in [6.07, 6.45) is 26.0. The zero-order valence-corrected chi connectivity index (χ0v) is 15.9. The van der Waals surface area contributed by atoms with Crippen molar-refractivity contribution in [3.8, 4) is 0 Å². The van der Waals surface area contributed by atoms with Crippen LogP contribution < -0.4 is 0 Å². The molecule has 0 saturated carbocycles. The van der Waals surface area contributed by atoms with E-state index in [9.17, 15) is 4.79 Å². The Labute approximate surface area is 158 Å². The molecule has 146 valence electrons. The van der Waals surface area contributed by atoms with Crippen LogP contribution in [0.25, 0.3) is 0 Å². The molecule has 0 fully saturated rings. The highest BCUT2D eigenvalue weighted by Gasteiger charge is 2.06. The van der Waals surface area contributed by atoms with Crippen molar-refractivity contribution in [3.63, 3.8) is 0 Å². The Morgan fingerprint density at radius 2 is 1.38 bits per heavy atom. The van der Waals surface area contributed by atoms with E-state index in [4.69, 9.17) is 14.9 Å². The maximum Gasteiger partial charge on any atom is 0.305 e. The first-order valence-corrected chi connectivity index (χ1v) is 9.36. The van der Waals surface area contributed by atoms with Crippen LogP contribution in [0.15, 0.2) is 60.8 Å². The van der Waals surface area contributed by atoms with Gasteiger partial charge in [0.1, 0.15) is 12.7 Å². The number of hydrogen-bond acceptors (Lipinski definition) is 4. The summed E-state index contributed by atoms with van der Waals surface area (Å²) in [5.41, 5.74) is 0. The first-order valence-electron chi connectivity index (χ1n) is 9.36. The summed E-state index contributed by atoms with van der Waals surface area (Å²) >= 11 is 0. The molecule has 0 aliphatic rings. The van der Waals surface area contributed by atoms with Gasteiger partial charge in [-0.3, -0.25) is 4.79 Å². The van der Waals surface area contributed by atoms with E-state index in [1.807, 2.05) is 6.92 Å². The van der Waals surface area contributed by atoms with Gasteiger partial charge in [-0.25, -0.2) is 0 Å². The number of carbonyl (C=O) groups excluding carboxylic acids is 1. The van der Waals surface area contributed by atoms with Gasteiger partial charge in [-0.1, -0.05) is 60.8 Å². The summed E-state index contributed by atoms with van der Waals surface area (Å²) in [4.78, 5) is 11.3. The minimum atomic E-state index is -0.986. The summed E-state index contributed by atoms with van der Waals surface area (Å²) in [5, 5.41) is 17.7. The van der Waals surface area contributed by atoms with Crippen molar-refractivity contribution < 1.29 is 19.7 Å². The molecule has 0 bridgehead atoms. The third-order valence-corrected chi connectivity index (χ3v) is 3.39. The summed E-state index contributed by atoms with van der Waals surface area (Å²) in [6, 6.07) is 0. The molecular formula is C22H34O4. The van der Waals surface area contributed by atoms with E-state index < -0.39 is 12.7 Å². The van der Waals surface area contributed by atoms with E-state index in [1.165, 1.54) is 0 Å². The van der Waals surface area contributed by atoms with Crippen molar-refractivity contribution in [3.05, 3.63) is 60.8 Å². The zero-order valence-electron chi connectivity index (χ0n) is 15.9. The summed E-state index contributed by atoms with van der Waals surface area (Å²) in [7, 11) is 0. The Kier molecular flexibility index (Phi) is 18.0. The Bertz CT molecular complexity index is 473. The second-order valence-corrected chi connectivity index (χ2v) is 5.81. The molecule has 0 aromatic heterocycles. The van der Waals surface area contributed by atoms with E-state index in [1.54, 1.807) is 0 Å². The van der Waals surface area contributed by atoms with Gasteiger partial charge < -0.3 is 14.9 Å². The average Bonchev–Trinajstić information content (AvgIpc) is 2.65. The van der Waals surface area contributed by atoms with Crippen molar-refractivity contribution in [2.75, 3.05) is 13.2 Å². The van der Waals surface area contributed by atoms with Gasteiger partial charge >= 0.3 is 5.97 Å². The lowest BCUT2D eigenvalue weighted by Crippen LogP contribution is -2.21. The molecule has 2 N–H and O–H groups in total. The number of ether oxygens (including phenoxy) is 1. The quantitative estimate of drug-likeness (QED) is 0.257. The molecule has 0 saturated heterocycles. The molecule has 0 aromatic rings. The van der Waals surface area contributed by atoms with Crippen molar-refractivity contribution in [2.24, 2.45) is 0 Å². The van der Waals surface area contributed by atoms with Crippen molar-refractivity contribution >= 4 is 5.97 Å². The van der Waals surface area contributed by atoms with Crippen LogP contribution in [0.3, 0.4) is 0 Å². The molecule has 0 aliphatic carbocycles. The van der Waals surface area contributed by atoms with Crippen LogP contribution in [0.2, 0.25) is 0 Å². The van der Waals surface area contributed by atoms with Gasteiger partial charge in [0.2, 0.25) is 0 Å². The third-order valence-electron chi connectivity index (χ3n) is 3.39. The van der Waals surface area contributed by atoms with Gasteiger partial charge in [0.25, 0.3) is 0 Å². The molecule has 4 nitrogen and oxygen atoms in total. The predicted octanol–water partition coefficient (Wildman–Crippen LogP) is 4.41. The zero-order chi connectivity index (χ0) is 19.3. The first-order chi connectivity index (χ1) is 12.7. The fraction of sp³-hybridized carbons (Fsp3) is 0.500. The monoisotopic (exact) mass is 362 g/mol. The molecular weight excluding hydrogens is 328 g/mol. The van der Waals surface area contributed by atoms with Crippen molar-refractivity contribution in [1.82, 2.24) is 0 Å². The third kappa shape index (κ3) is 18.4. The second-order valence-electron chi connectivity index (χ2n) is 5.81. The molecule has 0 heterocycles.